The van der Waals surface area contributed by atoms with Crippen LogP contribution in [0.15, 0.2) is 29.2 Å². The van der Waals surface area contributed by atoms with Gasteiger partial charge in [0.1, 0.15) is 0 Å². The molecule has 20 heavy (non-hydrogen) atoms. The first-order valence-electron chi connectivity index (χ1n) is 7.27. The van der Waals surface area contributed by atoms with Crippen molar-refractivity contribution in [3.05, 3.63) is 24.3 Å². The molecule has 1 aliphatic rings. The Labute approximate surface area is 122 Å². The van der Waals surface area contributed by atoms with Crippen LogP contribution < -0.4 is 5.32 Å². The van der Waals surface area contributed by atoms with Crippen LogP contribution in [-0.4, -0.2) is 32.4 Å². The number of hydrogen-bond donors (Lipinski definition) is 1. The van der Waals surface area contributed by atoms with Crippen molar-refractivity contribution in [2.45, 2.75) is 32.1 Å². The van der Waals surface area contributed by atoms with Gasteiger partial charge in [-0.25, -0.2) is 8.42 Å². The molecule has 0 aliphatic carbocycles. The molecule has 0 amide bonds. The van der Waals surface area contributed by atoms with Gasteiger partial charge in [0.15, 0.2) is 0 Å². The van der Waals surface area contributed by atoms with Gasteiger partial charge in [-0.2, -0.15) is 4.31 Å². The number of rotatable bonds is 4. The zero-order chi connectivity index (χ0) is 14.8. The smallest absolute Gasteiger partial charge is 0.243 e. The summed E-state index contributed by atoms with van der Waals surface area (Å²) in [6.07, 6.45) is 1.10. The van der Waals surface area contributed by atoms with E-state index in [0.29, 0.717) is 29.8 Å². The highest BCUT2D eigenvalue weighted by atomic mass is 32.2. The highest BCUT2D eigenvalue weighted by molar-refractivity contribution is 7.89. The Morgan fingerprint density at radius 1 is 1.15 bits per heavy atom. The van der Waals surface area contributed by atoms with Gasteiger partial charge in [-0.1, -0.05) is 13.8 Å². The van der Waals surface area contributed by atoms with E-state index in [0.717, 1.165) is 18.7 Å². The molecule has 2 atom stereocenters. The minimum Gasteiger partial charge on any atom is -0.385 e. The van der Waals surface area contributed by atoms with Gasteiger partial charge in [0.05, 0.1) is 4.90 Å². The number of hydrogen-bond acceptors (Lipinski definition) is 3. The molecule has 1 aromatic carbocycles. The van der Waals surface area contributed by atoms with Crippen LogP contribution in [0, 0.1) is 11.8 Å². The molecule has 1 heterocycles. The average molecular weight is 296 g/mol. The van der Waals surface area contributed by atoms with E-state index in [9.17, 15) is 8.42 Å². The van der Waals surface area contributed by atoms with Crippen molar-refractivity contribution in [1.82, 2.24) is 4.31 Å². The third-order valence-corrected chi connectivity index (χ3v) is 5.55. The SMILES string of the molecule is CCNc1ccc(S(=O)(=O)N2CC(C)CC(C)C2)cc1. The van der Waals surface area contributed by atoms with E-state index < -0.39 is 10.0 Å². The number of benzene rings is 1. The van der Waals surface area contributed by atoms with E-state index in [4.69, 9.17) is 0 Å². The fourth-order valence-corrected chi connectivity index (χ4v) is 4.58. The molecule has 0 radical (unpaired) electrons. The highest BCUT2D eigenvalue weighted by Crippen LogP contribution is 2.27. The molecule has 0 spiro atoms. The van der Waals surface area contributed by atoms with Crippen LogP contribution in [-0.2, 0) is 10.0 Å². The maximum Gasteiger partial charge on any atom is 0.243 e. The molecule has 1 N–H and O–H groups in total. The average Bonchev–Trinajstić information content (AvgIpc) is 2.38. The molecule has 1 fully saturated rings. The normalized spacial score (nSPS) is 24.6. The van der Waals surface area contributed by atoms with Gasteiger partial charge in [0, 0.05) is 25.3 Å². The Morgan fingerprint density at radius 2 is 1.70 bits per heavy atom. The molecule has 1 saturated heterocycles. The molecule has 0 bridgehead atoms. The fraction of sp³-hybridized carbons (Fsp3) is 0.600. The van der Waals surface area contributed by atoms with E-state index in [-0.39, 0.29) is 0 Å². The summed E-state index contributed by atoms with van der Waals surface area (Å²) < 4.78 is 26.9. The first-order chi connectivity index (χ1) is 9.43. The first kappa shape index (κ1) is 15.3. The van der Waals surface area contributed by atoms with Gasteiger partial charge in [-0.3, -0.25) is 0 Å². The second kappa shape index (κ2) is 6.14. The van der Waals surface area contributed by atoms with E-state index >= 15 is 0 Å². The quantitative estimate of drug-likeness (QED) is 0.929. The topological polar surface area (TPSA) is 49.4 Å². The number of nitrogens with zero attached hydrogens (tertiary/aromatic N) is 1. The van der Waals surface area contributed by atoms with Crippen LogP contribution in [0.5, 0.6) is 0 Å². The molecule has 0 aromatic heterocycles. The van der Waals surface area contributed by atoms with E-state index in [1.54, 1.807) is 16.4 Å². The Balaban J connectivity index is 2.21. The van der Waals surface area contributed by atoms with Gasteiger partial charge in [-0.15, -0.1) is 0 Å². The Hall–Kier alpha value is -1.07. The highest BCUT2D eigenvalue weighted by Gasteiger charge is 2.31. The first-order valence-corrected chi connectivity index (χ1v) is 8.71. The van der Waals surface area contributed by atoms with Crippen LogP contribution in [0.3, 0.4) is 0 Å². The maximum atomic E-state index is 12.7. The molecule has 2 unspecified atom stereocenters. The second-order valence-electron chi connectivity index (χ2n) is 5.82. The molecule has 0 saturated carbocycles. The monoisotopic (exact) mass is 296 g/mol. The molecule has 112 valence electrons. The maximum absolute atomic E-state index is 12.7. The number of nitrogens with one attached hydrogen (secondary N) is 1. The molecular formula is C15H24N2O2S. The van der Waals surface area contributed by atoms with Gasteiger partial charge in [-0.05, 0) is 49.4 Å². The van der Waals surface area contributed by atoms with Crippen LogP contribution in [0.25, 0.3) is 0 Å². The van der Waals surface area contributed by atoms with Crippen molar-refractivity contribution in [3.8, 4) is 0 Å². The van der Waals surface area contributed by atoms with Gasteiger partial charge < -0.3 is 5.32 Å². The molecule has 1 aromatic rings. The third kappa shape index (κ3) is 3.33. The largest absolute Gasteiger partial charge is 0.385 e. The molecule has 4 nitrogen and oxygen atoms in total. The summed E-state index contributed by atoms with van der Waals surface area (Å²) >= 11 is 0. The third-order valence-electron chi connectivity index (χ3n) is 3.71. The zero-order valence-electron chi connectivity index (χ0n) is 12.5. The van der Waals surface area contributed by atoms with E-state index in [1.165, 1.54) is 0 Å². The van der Waals surface area contributed by atoms with Crippen LogP contribution in [0.1, 0.15) is 27.2 Å². The van der Waals surface area contributed by atoms with Crippen LogP contribution >= 0.6 is 0 Å². The lowest BCUT2D eigenvalue weighted by Gasteiger charge is -2.34. The Bertz CT molecular complexity index is 529. The number of sulfonamides is 1. The van der Waals surface area contributed by atoms with Crippen molar-refractivity contribution >= 4 is 15.7 Å². The minimum absolute atomic E-state index is 0.389. The molecule has 1 aliphatic heterocycles. The lowest BCUT2D eigenvalue weighted by Crippen LogP contribution is -2.42. The summed E-state index contributed by atoms with van der Waals surface area (Å²) in [5.74, 6) is 0.851. The fourth-order valence-electron chi connectivity index (χ4n) is 2.90. The summed E-state index contributed by atoms with van der Waals surface area (Å²) in [5.41, 5.74) is 0.951. The summed E-state index contributed by atoms with van der Waals surface area (Å²) in [6.45, 7) is 8.33. The zero-order valence-corrected chi connectivity index (χ0v) is 13.3. The Morgan fingerprint density at radius 3 is 2.20 bits per heavy atom. The van der Waals surface area contributed by atoms with Crippen LogP contribution in [0.4, 0.5) is 5.69 Å². The summed E-state index contributed by atoms with van der Waals surface area (Å²) in [7, 11) is -3.35. The van der Waals surface area contributed by atoms with Gasteiger partial charge >= 0.3 is 0 Å². The van der Waals surface area contributed by atoms with Crippen molar-refractivity contribution in [2.24, 2.45) is 11.8 Å². The lowest BCUT2D eigenvalue weighted by molar-refractivity contribution is 0.222. The predicted molar refractivity (Wildman–Crippen MR) is 82.3 cm³/mol. The van der Waals surface area contributed by atoms with Crippen molar-refractivity contribution in [3.63, 3.8) is 0 Å². The predicted octanol–water partition coefficient (Wildman–Crippen LogP) is 2.79. The summed E-state index contributed by atoms with van der Waals surface area (Å²) in [4.78, 5) is 0.389. The van der Waals surface area contributed by atoms with Gasteiger partial charge in [0.25, 0.3) is 0 Å². The van der Waals surface area contributed by atoms with Crippen molar-refractivity contribution < 1.29 is 8.42 Å². The Kier molecular flexibility index (Phi) is 4.70. The lowest BCUT2D eigenvalue weighted by atomic mass is 9.94. The van der Waals surface area contributed by atoms with Crippen molar-refractivity contribution in [2.75, 3.05) is 25.0 Å². The summed E-state index contributed by atoms with van der Waals surface area (Å²) in [5, 5.41) is 3.17. The molecular weight excluding hydrogens is 272 g/mol. The standard InChI is InChI=1S/C15H24N2O2S/c1-4-16-14-5-7-15(8-6-14)20(18,19)17-10-12(2)9-13(3)11-17/h5-8,12-13,16H,4,9-11H2,1-3H3. The van der Waals surface area contributed by atoms with E-state index in [2.05, 4.69) is 19.2 Å². The number of piperidine rings is 1. The minimum atomic E-state index is -3.35. The van der Waals surface area contributed by atoms with Crippen molar-refractivity contribution in [1.29, 1.82) is 0 Å². The second-order valence-corrected chi connectivity index (χ2v) is 7.76. The summed E-state index contributed by atoms with van der Waals surface area (Å²) in [6, 6.07) is 7.04. The van der Waals surface area contributed by atoms with Gasteiger partial charge in [0.2, 0.25) is 10.0 Å². The molecule has 2 rings (SSSR count). The van der Waals surface area contributed by atoms with E-state index in [1.807, 2.05) is 19.1 Å². The molecule has 5 heteroatoms. The van der Waals surface area contributed by atoms with Crippen LogP contribution in [0.2, 0.25) is 0 Å². The number of anilines is 1.